The molecule has 1 rings (SSSR count). The molecule has 3 nitrogen and oxygen atoms in total. The Bertz CT molecular complexity index is 369. The third-order valence-corrected chi connectivity index (χ3v) is 3.08. The molecule has 0 aliphatic rings. The summed E-state index contributed by atoms with van der Waals surface area (Å²) in [5.74, 6) is 2.26. The van der Waals surface area contributed by atoms with Crippen LogP contribution in [-0.4, -0.2) is 29.5 Å². The SMILES string of the molecule is C#CC[C@@H](O)[C@H](CO)CCCOCc1ccccc1. The predicted octanol–water partition coefficient (Wildman–Crippen LogP) is 1.98. The molecule has 19 heavy (non-hydrogen) atoms. The Labute approximate surface area is 115 Å². The summed E-state index contributed by atoms with van der Waals surface area (Å²) in [6.07, 6.45) is 6.33. The molecule has 0 aliphatic carbocycles. The summed E-state index contributed by atoms with van der Waals surface area (Å²) < 4.78 is 5.55. The van der Waals surface area contributed by atoms with Crippen molar-refractivity contribution in [3.8, 4) is 12.3 Å². The lowest BCUT2D eigenvalue weighted by Crippen LogP contribution is -2.23. The molecule has 0 bridgehead atoms. The van der Waals surface area contributed by atoms with Crippen LogP contribution in [0.4, 0.5) is 0 Å². The van der Waals surface area contributed by atoms with Crippen molar-refractivity contribution in [2.45, 2.75) is 32.0 Å². The predicted molar refractivity (Wildman–Crippen MR) is 75.4 cm³/mol. The number of benzene rings is 1. The van der Waals surface area contributed by atoms with Crippen molar-refractivity contribution in [3.63, 3.8) is 0 Å². The molecule has 104 valence electrons. The molecule has 2 N–H and O–H groups in total. The van der Waals surface area contributed by atoms with Crippen LogP contribution in [0.2, 0.25) is 0 Å². The Morgan fingerprint density at radius 1 is 1.26 bits per heavy atom. The van der Waals surface area contributed by atoms with Crippen LogP contribution < -0.4 is 0 Å². The Morgan fingerprint density at radius 3 is 2.63 bits per heavy atom. The Hall–Kier alpha value is -1.34. The van der Waals surface area contributed by atoms with Gasteiger partial charge in [-0.3, -0.25) is 0 Å². The van der Waals surface area contributed by atoms with E-state index < -0.39 is 6.10 Å². The van der Waals surface area contributed by atoms with Crippen LogP contribution in [0.1, 0.15) is 24.8 Å². The Kier molecular flexibility index (Phi) is 7.92. The van der Waals surface area contributed by atoms with Crippen LogP contribution in [0.5, 0.6) is 0 Å². The van der Waals surface area contributed by atoms with Gasteiger partial charge in [0.1, 0.15) is 0 Å². The minimum absolute atomic E-state index is 0.0401. The van der Waals surface area contributed by atoms with Gasteiger partial charge in [-0.05, 0) is 18.4 Å². The zero-order valence-corrected chi connectivity index (χ0v) is 11.2. The standard InChI is InChI=1S/C16H22O3/c1-2-7-16(18)15(12-17)10-6-11-19-13-14-8-4-3-5-9-14/h1,3-5,8-9,15-18H,6-7,10-13H2/t15-,16+/m0/s1. The molecule has 3 heteroatoms. The topological polar surface area (TPSA) is 49.7 Å². The molecule has 0 saturated carbocycles. The van der Waals surface area contributed by atoms with Gasteiger partial charge in [0.25, 0.3) is 0 Å². The number of ether oxygens (including phenoxy) is 1. The number of aliphatic hydroxyl groups is 2. The van der Waals surface area contributed by atoms with Gasteiger partial charge in [0, 0.05) is 25.6 Å². The fourth-order valence-electron chi connectivity index (χ4n) is 1.90. The quantitative estimate of drug-likeness (QED) is 0.528. The minimum atomic E-state index is -0.621. The van der Waals surface area contributed by atoms with Crippen LogP contribution >= 0.6 is 0 Å². The Balaban J connectivity index is 2.14. The van der Waals surface area contributed by atoms with Crippen LogP contribution in [0.25, 0.3) is 0 Å². The van der Waals surface area contributed by atoms with E-state index in [4.69, 9.17) is 11.2 Å². The summed E-state index contributed by atoms with van der Waals surface area (Å²) in [6, 6.07) is 9.98. The lowest BCUT2D eigenvalue weighted by atomic mass is 9.96. The maximum Gasteiger partial charge on any atom is 0.0716 e. The highest BCUT2D eigenvalue weighted by molar-refractivity contribution is 5.13. The van der Waals surface area contributed by atoms with Crippen LogP contribution in [0.15, 0.2) is 30.3 Å². The van der Waals surface area contributed by atoms with Gasteiger partial charge >= 0.3 is 0 Å². The van der Waals surface area contributed by atoms with Crippen molar-refractivity contribution in [3.05, 3.63) is 35.9 Å². The fraction of sp³-hybridized carbons (Fsp3) is 0.500. The highest BCUT2D eigenvalue weighted by Crippen LogP contribution is 2.14. The number of aliphatic hydroxyl groups excluding tert-OH is 2. The summed E-state index contributed by atoms with van der Waals surface area (Å²) in [4.78, 5) is 0. The summed E-state index contributed by atoms with van der Waals surface area (Å²) >= 11 is 0. The van der Waals surface area contributed by atoms with Crippen molar-refractivity contribution in [1.82, 2.24) is 0 Å². The number of rotatable bonds is 9. The van der Waals surface area contributed by atoms with Gasteiger partial charge in [-0.25, -0.2) is 0 Å². The van der Waals surface area contributed by atoms with Gasteiger partial charge in [-0.15, -0.1) is 12.3 Å². The van der Waals surface area contributed by atoms with Crippen molar-refractivity contribution >= 4 is 0 Å². The second-order valence-electron chi connectivity index (χ2n) is 4.60. The lowest BCUT2D eigenvalue weighted by Gasteiger charge is -2.18. The second-order valence-corrected chi connectivity index (χ2v) is 4.60. The van der Waals surface area contributed by atoms with Crippen LogP contribution in [-0.2, 0) is 11.3 Å². The van der Waals surface area contributed by atoms with Gasteiger partial charge in [-0.1, -0.05) is 30.3 Å². The summed E-state index contributed by atoms with van der Waals surface area (Å²) in [5, 5.41) is 18.9. The van der Waals surface area contributed by atoms with E-state index in [0.717, 1.165) is 12.0 Å². The summed E-state index contributed by atoms with van der Waals surface area (Å²) in [6.45, 7) is 1.17. The number of terminal acetylenes is 1. The largest absolute Gasteiger partial charge is 0.396 e. The number of hydrogen-bond donors (Lipinski definition) is 2. The molecule has 0 saturated heterocycles. The normalized spacial score (nSPS) is 13.7. The molecule has 1 aromatic carbocycles. The molecule has 0 aromatic heterocycles. The van der Waals surface area contributed by atoms with Crippen molar-refractivity contribution < 1.29 is 14.9 Å². The Morgan fingerprint density at radius 2 is 2.00 bits per heavy atom. The van der Waals surface area contributed by atoms with Crippen LogP contribution in [0, 0.1) is 18.3 Å². The number of hydrogen-bond acceptors (Lipinski definition) is 3. The average Bonchev–Trinajstić information content (AvgIpc) is 2.44. The molecule has 0 heterocycles. The zero-order chi connectivity index (χ0) is 13.9. The molecule has 2 atom stereocenters. The van der Waals surface area contributed by atoms with Crippen molar-refractivity contribution in [2.24, 2.45) is 5.92 Å². The van der Waals surface area contributed by atoms with Crippen molar-refractivity contribution in [1.29, 1.82) is 0 Å². The van der Waals surface area contributed by atoms with E-state index in [1.165, 1.54) is 0 Å². The third-order valence-electron chi connectivity index (χ3n) is 3.08. The molecular weight excluding hydrogens is 240 g/mol. The third kappa shape index (κ3) is 6.40. The van der Waals surface area contributed by atoms with Gasteiger partial charge in [0.2, 0.25) is 0 Å². The molecule has 0 spiro atoms. The van der Waals surface area contributed by atoms with E-state index in [0.29, 0.717) is 19.6 Å². The monoisotopic (exact) mass is 262 g/mol. The van der Waals surface area contributed by atoms with Gasteiger partial charge in [0.05, 0.1) is 12.7 Å². The fourth-order valence-corrected chi connectivity index (χ4v) is 1.90. The molecular formula is C16H22O3. The first-order chi connectivity index (χ1) is 9.27. The van der Waals surface area contributed by atoms with E-state index in [1.54, 1.807) is 0 Å². The molecule has 0 unspecified atom stereocenters. The van der Waals surface area contributed by atoms with Crippen LogP contribution in [0.3, 0.4) is 0 Å². The van der Waals surface area contributed by atoms with Gasteiger partial charge in [0.15, 0.2) is 0 Å². The average molecular weight is 262 g/mol. The molecule has 0 aliphatic heterocycles. The first-order valence-electron chi connectivity index (χ1n) is 6.62. The summed E-state index contributed by atoms with van der Waals surface area (Å²) in [5.41, 5.74) is 1.15. The maximum absolute atomic E-state index is 9.70. The van der Waals surface area contributed by atoms with E-state index in [9.17, 15) is 10.2 Å². The minimum Gasteiger partial charge on any atom is -0.396 e. The van der Waals surface area contributed by atoms with Crippen molar-refractivity contribution in [2.75, 3.05) is 13.2 Å². The van der Waals surface area contributed by atoms with E-state index in [1.807, 2.05) is 30.3 Å². The smallest absolute Gasteiger partial charge is 0.0716 e. The second kappa shape index (κ2) is 9.57. The molecule has 0 amide bonds. The maximum atomic E-state index is 9.70. The first-order valence-corrected chi connectivity index (χ1v) is 6.62. The highest BCUT2D eigenvalue weighted by Gasteiger charge is 2.16. The van der Waals surface area contributed by atoms with E-state index >= 15 is 0 Å². The van der Waals surface area contributed by atoms with Gasteiger partial charge in [-0.2, -0.15) is 0 Å². The molecule has 1 aromatic rings. The first kappa shape index (κ1) is 15.7. The molecule has 0 radical (unpaired) electrons. The highest BCUT2D eigenvalue weighted by atomic mass is 16.5. The lowest BCUT2D eigenvalue weighted by molar-refractivity contribution is 0.0538. The van der Waals surface area contributed by atoms with E-state index in [2.05, 4.69) is 5.92 Å². The summed E-state index contributed by atoms with van der Waals surface area (Å²) in [7, 11) is 0. The van der Waals surface area contributed by atoms with Gasteiger partial charge < -0.3 is 14.9 Å². The molecule has 0 fully saturated rings. The van der Waals surface area contributed by atoms with E-state index in [-0.39, 0.29) is 18.9 Å². The zero-order valence-electron chi connectivity index (χ0n) is 11.2.